The van der Waals surface area contributed by atoms with E-state index in [1.54, 1.807) is 0 Å². The maximum absolute atomic E-state index is 3.81. The highest BCUT2D eigenvalue weighted by molar-refractivity contribution is 5.01. The zero-order chi connectivity index (χ0) is 14.3. The first kappa shape index (κ1) is 16.3. The number of rotatable bonds is 8. The Labute approximate surface area is 126 Å². The van der Waals surface area contributed by atoms with Crippen molar-refractivity contribution in [2.75, 3.05) is 19.6 Å². The average Bonchev–Trinajstić information content (AvgIpc) is 2.94. The number of hydrogen-bond donors (Lipinski definition) is 1. The smallest absolute Gasteiger partial charge is 0.0334 e. The van der Waals surface area contributed by atoms with Gasteiger partial charge in [0.05, 0.1) is 0 Å². The Hall–Kier alpha value is -0.0800. The molecule has 2 nitrogen and oxygen atoms in total. The Balaban J connectivity index is 1.75. The second-order valence-electron chi connectivity index (χ2n) is 7.13. The van der Waals surface area contributed by atoms with Gasteiger partial charge in [0.2, 0.25) is 0 Å². The van der Waals surface area contributed by atoms with Gasteiger partial charge in [-0.25, -0.2) is 0 Å². The molecule has 0 aromatic rings. The summed E-state index contributed by atoms with van der Waals surface area (Å²) >= 11 is 0. The molecule has 1 saturated heterocycles. The third kappa shape index (κ3) is 4.21. The molecule has 1 spiro atoms. The van der Waals surface area contributed by atoms with Crippen LogP contribution in [0.15, 0.2) is 0 Å². The second kappa shape index (κ2) is 8.38. The first-order chi connectivity index (χ1) is 9.80. The summed E-state index contributed by atoms with van der Waals surface area (Å²) in [6.45, 7) is 8.53. The van der Waals surface area contributed by atoms with Crippen molar-refractivity contribution in [1.29, 1.82) is 0 Å². The van der Waals surface area contributed by atoms with Crippen LogP contribution in [0.1, 0.15) is 84.5 Å². The van der Waals surface area contributed by atoms with Crippen LogP contribution in [0.25, 0.3) is 0 Å². The lowest BCUT2D eigenvalue weighted by Crippen LogP contribution is -2.63. The first-order valence-electron chi connectivity index (χ1n) is 9.29. The maximum atomic E-state index is 3.81. The molecule has 2 rings (SSSR count). The van der Waals surface area contributed by atoms with Crippen molar-refractivity contribution in [2.45, 2.75) is 96.1 Å². The minimum Gasteiger partial charge on any atom is -0.311 e. The molecule has 2 heteroatoms. The Morgan fingerprint density at radius 3 is 2.40 bits per heavy atom. The van der Waals surface area contributed by atoms with Crippen LogP contribution in [-0.2, 0) is 0 Å². The van der Waals surface area contributed by atoms with Crippen molar-refractivity contribution >= 4 is 0 Å². The third-order valence-electron chi connectivity index (χ3n) is 5.64. The number of piperazine rings is 1. The summed E-state index contributed by atoms with van der Waals surface area (Å²) in [5, 5.41) is 3.81. The van der Waals surface area contributed by atoms with Gasteiger partial charge in [-0.1, -0.05) is 58.8 Å². The van der Waals surface area contributed by atoms with Crippen molar-refractivity contribution in [3.05, 3.63) is 0 Å². The second-order valence-corrected chi connectivity index (χ2v) is 7.13. The van der Waals surface area contributed by atoms with Crippen molar-refractivity contribution in [1.82, 2.24) is 10.2 Å². The molecule has 1 N–H and O–H groups in total. The van der Waals surface area contributed by atoms with E-state index in [9.17, 15) is 0 Å². The van der Waals surface area contributed by atoms with Crippen LogP contribution < -0.4 is 5.32 Å². The van der Waals surface area contributed by atoms with Crippen LogP contribution >= 0.6 is 0 Å². The summed E-state index contributed by atoms with van der Waals surface area (Å²) in [6.07, 6.45) is 15.6. The molecule has 0 radical (unpaired) electrons. The van der Waals surface area contributed by atoms with E-state index in [1.807, 2.05) is 0 Å². The lowest BCUT2D eigenvalue weighted by Gasteiger charge is -2.48. The van der Waals surface area contributed by atoms with Gasteiger partial charge in [-0.3, -0.25) is 4.90 Å². The van der Waals surface area contributed by atoms with Crippen LogP contribution in [0, 0.1) is 0 Å². The molecule has 1 saturated carbocycles. The Morgan fingerprint density at radius 2 is 1.70 bits per heavy atom. The summed E-state index contributed by atoms with van der Waals surface area (Å²) < 4.78 is 0. The highest BCUT2D eigenvalue weighted by Gasteiger charge is 2.42. The number of unbranched alkanes of at least 4 members (excludes halogenated alkanes) is 5. The summed E-state index contributed by atoms with van der Waals surface area (Å²) in [4.78, 5) is 2.88. The SMILES string of the molecule is CCCCCCCCN1CC(CC)NCC12CCCC2. The van der Waals surface area contributed by atoms with E-state index in [4.69, 9.17) is 0 Å². The normalized spacial score (nSPS) is 26.4. The fraction of sp³-hybridized carbons (Fsp3) is 1.00. The molecule has 0 bridgehead atoms. The van der Waals surface area contributed by atoms with Crippen LogP contribution in [0.4, 0.5) is 0 Å². The predicted octanol–water partition coefficient (Wildman–Crippen LogP) is 4.34. The van der Waals surface area contributed by atoms with Crippen molar-refractivity contribution in [3.63, 3.8) is 0 Å². The summed E-state index contributed by atoms with van der Waals surface area (Å²) in [5.41, 5.74) is 0.537. The first-order valence-corrected chi connectivity index (χ1v) is 9.29. The van der Waals surface area contributed by atoms with Crippen LogP contribution in [0.2, 0.25) is 0 Å². The van der Waals surface area contributed by atoms with Crippen LogP contribution in [0.5, 0.6) is 0 Å². The van der Waals surface area contributed by atoms with Gasteiger partial charge < -0.3 is 5.32 Å². The van der Waals surface area contributed by atoms with Gasteiger partial charge in [0.1, 0.15) is 0 Å². The lowest BCUT2D eigenvalue weighted by atomic mass is 9.90. The van der Waals surface area contributed by atoms with Crippen molar-refractivity contribution in [2.24, 2.45) is 0 Å². The van der Waals surface area contributed by atoms with Gasteiger partial charge in [-0.15, -0.1) is 0 Å². The van der Waals surface area contributed by atoms with E-state index < -0.39 is 0 Å². The number of nitrogens with one attached hydrogen (secondary N) is 1. The third-order valence-corrected chi connectivity index (χ3v) is 5.64. The molecular weight excluding hydrogens is 244 g/mol. The van der Waals surface area contributed by atoms with E-state index in [0.717, 1.165) is 6.04 Å². The molecule has 2 fully saturated rings. The standard InChI is InChI=1S/C18H36N2/c1-3-5-6-7-8-11-14-20-15-17(4-2)19-16-18(20)12-9-10-13-18/h17,19H,3-16H2,1-2H3. The van der Waals surface area contributed by atoms with E-state index in [1.165, 1.54) is 90.3 Å². The van der Waals surface area contributed by atoms with Crippen LogP contribution in [-0.4, -0.2) is 36.1 Å². The Bertz CT molecular complexity index is 258. The van der Waals surface area contributed by atoms with Gasteiger partial charge in [0.15, 0.2) is 0 Å². The fourth-order valence-corrected chi connectivity index (χ4v) is 4.18. The maximum Gasteiger partial charge on any atom is 0.0334 e. The van der Waals surface area contributed by atoms with Crippen LogP contribution in [0.3, 0.4) is 0 Å². The van der Waals surface area contributed by atoms with Gasteiger partial charge in [-0.2, -0.15) is 0 Å². The topological polar surface area (TPSA) is 15.3 Å². The number of hydrogen-bond acceptors (Lipinski definition) is 2. The molecule has 1 aliphatic carbocycles. The quantitative estimate of drug-likeness (QED) is 0.665. The largest absolute Gasteiger partial charge is 0.311 e. The molecule has 1 heterocycles. The zero-order valence-corrected chi connectivity index (χ0v) is 13.9. The van der Waals surface area contributed by atoms with E-state index >= 15 is 0 Å². The molecule has 1 aliphatic heterocycles. The fourth-order valence-electron chi connectivity index (χ4n) is 4.18. The highest BCUT2D eigenvalue weighted by atomic mass is 15.3. The summed E-state index contributed by atoms with van der Waals surface area (Å²) in [5.74, 6) is 0. The minimum atomic E-state index is 0.537. The van der Waals surface area contributed by atoms with Crippen molar-refractivity contribution in [3.8, 4) is 0 Å². The van der Waals surface area contributed by atoms with E-state index in [0.29, 0.717) is 5.54 Å². The molecule has 0 amide bonds. The van der Waals surface area contributed by atoms with Gasteiger partial charge >= 0.3 is 0 Å². The number of nitrogens with zero attached hydrogens (tertiary/aromatic N) is 1. The van der Waals surface area contributed by atoms with Gasteiger partial charge in [-0.05, 0) is 32.2 Å². The average molecular weight is 281 g/mol. The van der Waals surface area contributed by atoms with E-state index in [-0.39, 0.29) is 0 Å². The monoisotopic (exact) mass is 280 g/mol. The summed E-state index contributed by atoms with van der Waals surface area (Å²) in [6, 6.07) is 0.737. The van der Waals surface area contributed by atoms with Gasteiger partial charge in [0, 0.05) is 24.7 Å². The molecule has 0 aromatic heterocycles. The Kier molecular flexibility index (Phi) is 6.83. The lowest BCUT2D eigenvalue weighted by molar-refractivity contribution is 0.0406. The molecule has 118 valence electrons. The van der Waals surface area contributed by atoms with E-state index in [2.05, 4.69) is 24.1 Å². The molecule has 20 heavy (non-hydrogen) atoms. The Morgan fingerprint density at radius 1 is 1.00 bits per heavy atom. The van der Waals surface area contributed by atoms with Gasteiger partial charge in [0.25, 0.3) is 0 Å². The predicted molar refractivity (Wildman–Crippen MR) is 88.2 cm³/mol. The molecule has 2 aliphatic rings. The van der Waals surface area contributed by atoms with Crippen molar-refractivity contribution < 1.29 is 0 Å². The highest BCUT2D eigenvalue weighted by Crippen LogP contribution is 2.37. The minimum absolute atomic E-state index is 0.537. The molecule has 0 aromatic carbocycles. The zero-order valence-electron chi connectivity index (χ0n) is 13.9. The molecular formula is C18H36N2. The molecule has 1 atom stereocenters. The summed E-state index contributed by atoms with van der Waals surface area (Å²) in [7, 11) is 0. The molecule has 1 unspecified atom stereocenters.